The zero-order chi connectivity index (χ0) is 18.8. The Kier molecular flexibility index (Phi) is 4.84. The van der Waals surface area contributed by atoms with E-state index in [9.17, 15) is 23.1 Å². The van der Waals surface area contributed by atoms with Gasteiger partial charge in [-0.15, -0.1) is 0 Å². The molecule has 3 aromatic heterocycles. The van der Waals surface area contributed by atoms with Gasteiger partial charge in [0.15, 0.2) is 5.60 Å². The SMILES string of the molecule is O=C(NCC(O)(c1ccsc1)c1ccco1)c1ccc(C(F)(F)F)nc1. The van der Waals surface area contributed by atoms with Crippen LogP contribution in [0.25, 0.3) is 0 Å². The van der Waals surface area contributed by atoms with Gasteiger partial charge in [-0.25, -0.2) is 0 Å². The zero-order valence-electron chi connectivity index (χ0n) is 13.2. The second kappa shape index (κ2) is 6.93. The van der Waals surface area contributed by atoms with E-state index < -0.39 is 23.4 Å². The molecule has 136 valence electrons. The van der Waals surface area contributed by atoms with E-state index in [2.05, 4.69) is 10.3 Å². The largest absolute Gasteiger partial charge is 0.466 e. The number of aromatic nitrogens is 1. The van der Waals surface area contributed by atoms with Crippen molar-refractivity contribution in [3.8, 4) is 0 Å². The summed E-state index contributed by atoms with van der Waals surface area (Å²) in [6.45, 7) is -0.225. The Labute approximate surface area is 150 Å². The maximum absolute atomic E-state index is 12.5. The van der Waals surface area contributed by atoms with E-state index in [1.807, 2.05) is 0 Å². The predicted octanol–water partition coefficient (Wildman–Crippen LogP) is 3.42. The standard InChI is InChI=1S/C17H13F3N2O3S/c18-17(19,20)13-4-3-11(8-21-13)15(23)22-10-16(24,12-5-7-26-9-12)14-2-1-6-25-14/h1-9,24H,10H2,(H,22,23). The summed E-state index contributed by atoms with van der Waals surface area (Å²) in [5, 5.41) is 17.0. The molecule has 26 heavy (non-hydrogen) atoms. The van der Waals surface area contributed by atoms with Crippen molar-refractivity contribution >= 4 is 17.2 Å². The van der Waals surface area contributed by atoms with E-state index in [1.54, 1.807) is 29.0 Å². The summed E-state index contributed by atoms with van der Waals surface area (Å²) < 4.78 is 42.9. The Bertz CT molecular complexity index is 826. The molecule has 3 rings (SSSR count). The van der Waals surface area contributed by atoms with Crippen LogP contribution >= 0.6 is 11.3 Å². The van der Waals surface area contributed by atoms with Gasteiger partial charge >= 0.3 is 6.18 Å². The van der Waals surface area contributed by atoms with Gasteiger partial charge in [-0.2, -0.15) is 24.5 Å². The Balaban J connectivity index is 1.76. The minimum absolute atomic E-state index is 0.0508. The fourth-order valence-corrected chi connectivity index (χ4v) is 3.08. The van der Waals surface area contributed by atoms with Gasteiger partial charge in [0.05, 0.1) is 18.4 Å². The predicted molar refractivity (Wildman–Crippen MR) is 87.6 cm³/mol. The van der Waals surface area contributed by atoms with E-state index in [4.69, 9.17) is 4.42 Å². The van der Waals surface area contributed by atoms with Gasteiger partial charge in [0.25, 0.3) is 5.91 Å². The topological polar surface area (TPSA) is 75.4 Å². The monoisotopic (exact) mass is 382 g/mol. The summed E-state index contributed by atoms with van der Waals surface area (Å²) in [5.41, 5.74) is -2.20. The molecular formula is C17H13F3N2O3S. The van der Waals surface area contributed by atoms with E-state index in [1.165, 1.54) is 17.6 Å². The van der Waals surface area contributed by atoms with Crippen LogP contribution < -0.4 is 5.32 Å². The molecule has 0 saturated heterocycles. The Hall–Kier alpha value is -2.65. The number of pyridine rings is 1. The number of nitrogens with one attached hydrogen (secondary N) is 1. The number of nitrogens with zero attached hydrogens (tertiary/aromatic N) is 1. The highest BCUT2D eigenvalue weighted by Crippen LogP contribution is 2.31. The summed E-state index contributed by atoms with van der Waals surface area (Å²) >= 11 is 1.37. The summed E-state index contributed by atoms with van der Waals surface area (Å²) in [7, 11) is 0. The molecule has 0 aliphatic carbocycles. The van der Waals surface area contributed by atoms with Crippen molar-refractivity contribution in [2.45, 2.75) is 11.8 Å². The highest BCUT2D eigenvalue weighted by molar-refractivity contribution is 7.08. The Morgan fingerprint density at radius 2 is 2.08 bits per heavy atom. The molecule has 0 aliphatic heterocycles. The van der Waals surface area contributed by atoms with Gasteiger partial charge in [0.1, 0.15) is 11.5 Å². The average molecular weight is 382 g/mol. The first kappa shape index (κ1) is 18.2. The quantitative estimate of drug-likeness (QED) is 0.709. The molecule has 0 fully saturated rings. The molecule has 9 heteroatoms. The Morgan fingerprint density at radius 3 is 2.62 bits per heavy atom. The second-order valence-electron chi connectivity index (χ2n) is 5.46. The van der Waals surface area contributed by atoms with Crippen molar-refractivity contribution in [2.75, 3.05) is 6.54 Å². The van der Waals surface area contributed by atoms with Crippen molar-refractivity contribution in [3.63, 3.8) is 0 Å². The number of halogens is 3. The van der Waals surface area contributed by atoms with E-state index in [0.717, 1.165) is 18.3 Å². The lowest BCUT2D eigenvalue weighted by Gasteiger charge is -2.25. The molecule has 0 spiro atoms. The first-order valence-corrected chi connectivity index (χ1v) is 8.35. The lowest BCUT2D eigenvalue weighted by Crippen LogP contribution is -2.41. The van der Waals surface area contributed by atoms with Crippen molar-refractivity contribution < 1.29 is 27.5 Å². The third-order valence-electron chi connectivity index (χ3n) is 3.75. The van der Waals surface area contributed by atoms with Crippen LogP contribution in [0.3, 0.4) is 0 Å². The molecule has 0 radical (unpaired) electrons. The lowest BCUT2D eigenvalue weighted by atomic mass is 9.93. The molecule has 2 N–H and O–H groups in total. The lowest BCUT2D eigenvalue weighted by molar-refractivity contribution is -0.141. The molecule has 1 atom stereocenters. The zero-order valence-corrected chi connectivity index (χ0v) is 14.0. The van der Waals surface area contributed by atoms with Gasteiger partial charge in [0, 0.05) is 11.8 Å². The number of alkyl halides is 3. The number of rotatable bonds is 5. The molecule has 0 saturated carbocycles. The average Bonchev–Trinajstić information content (AvgIpc) is 3.32. The maximum atomic E-state index is 12.5. The number of hydrogen-bond donors (Lipinski definition) is 2. The fraction of sp³-hybridized carbons (Fsp3) is 0.176. The van der Waals surface area contributed by atoms with Gasteiger partial charge in [0.2, 0.25) is 0 Å². The number of hydrogen-bond acceptors (Lipinski definition) is 5. The van der Waals surface area contributed by atoms with Crippen LogP contribution in [0.4, 0.5) is 13.2 Å². The smallest absolute Gasteiger partial charge is 0.433 e. The summed E-state index contributed by atoms with van der Waals surface area (Å²) in [6, 6.07) is 6.63. The highest BCUT2D eigenvalue weighted by atomic mass is 32.1. The van der Waals surface area contributed by atoms with Gasteiger partial charge in [-0.3, -0.25) is 9.78 Å². The van der Waals surface area contributed by atoms with Gasteiger partial charge < -0.3 is 14.8 Å². The third-order valence-corrected chi connectivity index (χ3v) is 4.43. The number of aliphatic hydroxyl groups is 1. The molecule has 1 unspecified atom stereocenters. The van der Waals surface area contributed by atoms with Crippen LogP contribution in [0.1, 0.15) is 27.4 Å². The first-order chi connectivity index (χ1) is 12.3. The number of furan rings is 1. The normalized spacial score (nSPS) is 14.0. The van der Waals surface area contributed by atoms with Crippen LogP contribution in [0.2, 0.25) is 0 Å². The van der Waals surface area contributed by atoms with Crippen molar-refractivity contribution in [1.29, 1.82) is 0 Å². The van der Waals surface area contributed by atoms with E-state index >= 15 is 0 Å². The van der Waals surface area contributed by atoms with Crippen molar-refractivity contribution in [3.05, 3.63) is 76.1 Å². The number of amides is 1. The molecule has 0 aliphatic rings. The number of thiophene rings is 1. The van der Waals surface area contributed by atoms with Gasteiger partial charge in [-0.1, -0.05) is 0 Å². The van der Waals surface area contributed by atoms with Crippen molar-refractivity contribution in [2.24, 2.45) is 0 Å². The number of carbonyl (C=O) groups excluding carboxylic acids is 1. The van der Waals surface area contributed by atoms with E-state index in [0.29, 0.717) is 5.56 Å². The first-order valence-electron chi connectivity index (χ1n) is 7.41. The van der Waals surface area contributed by atoms with Crippen LogP contribution in [-0.2, 0) is 11.8 Å². The minimum atomic E-state index is -4.58. The molecule has 5 nitrogen and oxygen atoms in total. The van der Waals surface area contributed by atoms with Gasteiger partial charge in [-0.05, 0) is 41.1 Å². The number of carbonyl (C=O) groups is 1. The van der Waals surface area contributed by atoms with Crippen LogP contribution in [-0.4, -0.2) is 22.5 Å². The maximum Gasteiger partial charge on any atom is 0.433 e. The summed E-state index contributed by atoms with van der Waals surface area (Å²) in [6.07, 6.45) is -2.34. The highest BCUT2D eigenvalue weighted by Gasteiger charge is 2.36. The van der Waals surface area contributed by atoms with Crippen LogP contribution in [0.5, 0.6) is 0 Å². The Morgan fingerprint density at radius 1 is 1.27 bits per heavy atom. The summed E-state index contributed by atoms with van der Waals surface area (Å²) in [4.78, 5) is 15.5. The molecule has 0 aromatic carbocycles. The molecule has 3 aromatic rings. The molecule has 0 bridgehead atoms. The second-order valence-corrected chi connectivity index (χ2v) is 6.24. The van der Waals surface area contributed by atoms with Crippen molar-refractivity contribution in [1.82, 2.24) is 10.3 Å². The van der Waals surface area contributed by atoms with Crippen LogP contribution in [0, 0.1) is 0 Å². The minimum Gasteiger partial charge on any atom is -0.466 e. The van der Waals surface area contributed by atoms with Crippen LogP contribution in [0.15, 0.2) is 58.0 Å². The van der Waals surface area contributed by atoms with E-state index in [-0.39, 0.29) is 17.9 Å². The third kappa shape index (κ3) is 3.63. The fourth-order valence-electron chi connectivity index (χ4n) is 2.35. The molecule has 3 heterocycles. The summed E-state index contributed by atoms with van der Waals surface area (Å²) in [5.74, 6) is -0.423. The molecule has 1 amide bonds. The molecular weight excluding hydrogens is 369 g/mol.